The van der Waals surface area contributed by atoms with E-state index in [4.69, 9.17) is 0 Å². The lowest BCUT2D eigenvalue weighted by Crippen LogP contribution is -2.12. The van der Waals surface area contributed by atoms with E-state index in [9.17, 15) is 31.1 Å². The molecule has 1 N–H and O–H groups in total. The number of benzene rings is 3. The molecule has 0 radical (unpaired) electrons. The molecular formula is C23H14F6N2O. The largest absolute Gasteiger partial charge is 0.417 e. The Labute approximate surface area is 177 Å². The SMILES string of the molecule is Cc1cccc2c(=O)[nH]c(-c3cc(-c4ccccc4C(F)(F)F)cc(C(F)(F)F)c3)nc12. The molecule has 0 bridgehead atoms. The number of para-hydroxylation sites is 1. The van der Waals surface area contributed by atoms with Gasteiger partial charge in [-0.2, -0.15) is 26.3 Å². The number of aromatic nitrogens is 2. The fourth-order valence-corrected chi connectivity index (χ4v) is 3.51. The molecule has 32 heavy (non-hydrogen) atoms. The van der Waals surface area contributed by atoms with Crippen LogP contribution in [-0.4, -0.2) is 9.97 Å². The van der Waals surface area contributed by atoms with Gasteiger partial charge in [0.1, 0.15) is 5.82 Å². The third kappa shape index (κ3) is 3.98. The maximum Gasteiger partial charge on any atom is 0.417 e. The molecule has 0 amide bonds. The van der Waals surface area contributed by atoms with Crippen molar-refractivity contribution in [2.75, 3.05) is 0 Å². The zero-order valence-electron chi connectivity index (χ0n) is 16.4. The molecule has 0 atom stereocenters. The predicted octanol–water partition coefficient (Wildman–Crippen LogP) is 6.60. The molecular weight excluding hydrogens is 434 g/mol. The normalized spacial score (nSPS) is 12.3. The van der Waals surface area contributed by atoms with Crippen LogP contribution in [0.25, 0.3) is 33.4 Å². The average molecular weight is 448 g/mol. The second-order valence-electron chi connectivity index (χ2n) is 7.23. The van der Waals surface area contributed by atoms with Crippen molar-refractivity contribution >= 4 is 10.9 Å². The molecule has 3 nitrogen and oxygen atoms in total. The van der Waals surface area contributed by atoms with Gasteiger partial charge in [0.15, 0.2) is 0 Å². The maximum absolute atomic E-state index is 13.6. The van der Waals surface area contributed by atoms with Crippen LogP contribution in [-0.2, 0) is 12.4 Å². The summed E-state index contributed by atoms with van der Waals surface area (Å²) in [6.45, 7) is 1.69. The van der Waals surface area contributed by atoms with E-state index in [2.05, 4.69) is 9.97 Å². The molecule has 0 spiro atoms. The fourth-order valence-electron chi connectivity index (χ4n) is 3.51. The van der Waals surface area contributed by atoms with Crippen molar-refractivity contribution in [3.05, 3.63) is 87.7 Å². The number of nitrogens with zero attached hydrogens (tertiary/aromatic N) is 1. The Hall–Kier alpha value is -3.62. The lowest BCUT2D eigenvalue weighted by Gasteiger charge is -2.16. The quantitative estimate of drug-likeness (QED) is 0.351. The van der Waals surface area contributed by atoms with Crippen molar-refractivity contribution in [3.8, 4) is 22.5 Å². The number of alkyl halides is 6. The number of H-pyrrole nitrogens is 1. The smallest absolute Gasteiger partial charge is 0.306 e. The van der Waals surface area contributed by atoms with Gasteiger partial charge < -0.3 is 4.98 Å². The van der Waals surface area contributed by atoms with Gasteiger partial charge in [0.05, 0.1) is 22.0 Å². The summed E-state index contributed by atoms with van der Waals surface area (Å²) in [5.74, 6) is -0.173. The highest BCUT2D eigenvalue weighted by Crippen LogP contribution is 2.40. The molecule has 0 fully saturated rings. The zero-order chi connectivity index (χ0) is 23.3. The Morgan fingerprint density at radius 2 is 1.50 bits per heavy atom. The van der Waals surface area contributed by atoms with Crippen molar-refractivity contribution in [1.29, 1.82) is 0 Å². The van der Waals surface area contributed by atoms with Gasteiger partial charge >= 0.3 is 12.4 Å². The van der Waals surface area contributed by atoms with Crippen LogP contribution in [0, 0.1) is 6.92 Å². The minimum atomic E-state index is -4.83. The van der Waals surface area contributed by atoms with Crippen LogP contribution in [0.2, 0.25) is 0 Å². The summed E-state index contributed by atoms with van der Waals surface area (Å²) in [5.41, 5.74) is -2.74. The lowest BCUT2D eigenvalue weighted by atomic mass is 9.95. The molecule has 1 heterocycles. The van der Waals surface area contributed by atoms with E-state index in [0.29, 0.717) is 17.1 Å². The van der Waals surface area contributed by atoms with Crippen LogP contribution in [0.1, 0.15) is 16.7 Å². The third-order valence-electron chi connectivity index (χ3n) is 5.02. The molecule has 0 aliphatic rings. The van der Waals surface area contributed by atoms with Gasteiger partial charge in [-0.1, -0.05) is 30.3 Å². The molecule has 0 saturated carbocycles. The summed E-state index contributed by atoms with van der Waals surface area (Å²) in [6.07, 6.45) is -9.59. The van der Waals surface area contributed by atoms with Gasteiger partial charge in [0.2, 0.25) is 0 Å². The second kappa shape index (κ2) is 7.51. The second-order valence-corrected chi connectivity index (χ2v) is 7.23. The first-order chi connectivity index (χ1) is 14.9. The van der Waals surface area contributed by atoms with Crippen LogP contribution in [0.15, 0.2) is 65.5 Å². The van der Waals surface area contributed by atoms with E-state index in [1.165, 1.54) is 12.1 Å². The minimum absolute atomic E-state index is 0.158. The molecule has 3 aromatic carbocycles. The van der Waals surface area contributed by atoms with Crippen LogP contribution < -0.4 is 5.56 Å². The van der Waals surface area contributed by atoms with E-state index >= 15 is 0 Å². The summed E-state index contributed by atoms with van der Waals surface area (Å²) < 4.78 is 81.2. The highest BCUT2D eigenvalue weighted by molar-refractivity contribution is 5.83. The Kier molecular flexibility index (Phi) is 5.07. The summed E-state index contributed by atoms with van der Waals surface area (Å²) in [7, 11) is 0. The van der Waals surface area contributed by atoms with Gasteiger partial charge in [-0.3, -0.25) is 4.79 Å². The molecule has 0 aliphatic carbocycles. The Balaban J connectivity index is 2.01. The van der Waals surface area contributed by atoms with Crippen molar-refractivity contribution in [1.82, 2.24) is 9.97 Å². The summed E-state index contributed by atoms with van der Waals surface area (Å²) in [6, 6.07) is 11.8. The van der Waals surface area contributed by atoms with Gasteiger partial charge in [-0.25, -0.2) is 4.98 Å². The molecule has 9 heteroatoms. The molecule has 4 rings (SSSR count). The van der Waals surface area contributed by atoms with Gasteiger partial charge in [-0.05, 0) is 53.9 Å². The number of fused-ring (bicyclic) bond motifs is 1. The van der Waals surface area contributed by atoms with Crippen molar-refractivity contribution in [2.24, 2.45) is 0 Å². The number of hydrogen-bond donors (Lipinski definition) is 1. The molecule has 1 aromatic heterocycles. The lowest BCUT2D eigenvalue weighted by molar-refractivity contribution is -0.137. The summed E-state index contributed by atoms with van der Waals surface area (Å²) in [4.78, 5) is 19.2. The highest BCUT2D eigenvalue weighted by Gasteiger charge is 2.35. The maximum atomic E-state index is 13.6. The fraction of sp³-hybridized carbons (Fsp3) is 0.130. The number of nitrogens with one attached hydrogen (secondary N) is 1. The molecule has 4 aromatic rings. The van der Waals surface area contributed by atoms with Gasteiger partial charge in [-0.15, -0.1) is 0 Å². The number of aryl methyl sites for hydroxylation is 1. The van der Waals surface area contributed by atoms with E-state index in [1.54, 1.807) is 19.1 Å². The van der Waals surface area contributed by atoms with Gasteiger partial charge in [0.25, 0.3) is 5.56 Å². The highest BCUT2D eigenvalue weighted by atomic mass is 19.4. The van der Waals surface area contributed by atoms with E-state index in [1.807, 2.05) is 0 Å². The van der Waals surface area contributed by atoms with Crippen LogP contribution in [0.4, 0.5) is 26.3 Å². The van der Waals surface area contributed by atoms with Gasteiger partial charge in [0, 0.05) is 5.56 Å². The summed E-state index contributed by atoms with van der Waals surface area (Å²) >= 11 is 0. The first-order valence-corrected chi connectivity index (χ1v) is 9.34. The van der Waals surface area contributed by atoms with Crippen LogP contribution in [0.3, 0.4) is 0 Å². The molecule has 164 valence electrons. The first kappa shape index (κ1) is 21.6. The van der Waals surface area contributed by atoms with E-state index in [-0.39, 0.29) is 22.3 Å². The number of aromatic amines is 1. The first-order valence-electron chi connectivity index (χ1n) is 9.34. The molecule has 0 unspecified atom stereocenters. The monoisotopic (exact) mass is 448 g/mol. The van der Waals surface area contributed by atoms with E-state index in [0.717, 1.165) is 30.3 Å². The number of hydrogen-bond acceptors (Lipinski definition) is 2. The number of halogens is 6. The summed E-state index contributed by atoms with van der Waals surface area (Å²) in [5, 5.41) is 0.253. The van der Waals surface area contributed by atoms with E-state index < -0.39 is 34.6 Å². The van der Waals surface area contributed by atoms with Crippen molar-refractivity contribution in [3.63, 3.8) is 0 Å². The molecule has 0 saturated heterocycles. The standard InChI is InChI=1S/C23H14F6N2O/c1-12-5-4-7-17-19(12)30-20(31-21(17)32)14-9-13(10-15(11-14)22(24,25)26)16-6-2-3-8-18(16)23(27,28)29/h2-11H,1H3,(H,30,31,32). The third-order valence-corrected chi connectivity index (χ3v) is 5.02. The average Bonchev–Trinajstić information content (AvgIpc) is 2.73. The van der Waals surface area contributed by atoms with Crippen LogP contribution >= 0.6 is 0 Å². The predicted molar refractivity (Wildman–Crippen MR) is 108 cm³/mol. The minimum Gasteiger partial charge on any atom is -0.306 e. The Morgan fingerprint density at radius 3 is 2.19 bits per heavy atom. The number of rotatable bonds is 2. The Morgan fingerprint density at radius 1 is 0.812 bits per heavy atom. The Bertz CT molecular complexity index is 1390. The van der Waals surface area contributed by atoms with Crippen molar-refractivity contribution < 1.29 is 26.3 Å². The van der Waals surface area contributed by atoms with Crippen molar-refractivity contribution in [2.45, 2.75) is 19.3 Å². The topological polar surface area (TPSA) is 45.8 Å². The zero-order valence-corrected chi connectivity index (χ0v) is 16.4. The molecule has 0 aliphatic heterocycles. The van der Waals surface area contributed by atoms with Crippen LogP contribution in [0.5, 0.6) is 0 Å².